The van der Waals surface area contributed by atoms with Gasteiger partial charge in [0.1, 0.15) is 6.54 Å². The molecule has 0 saturated carbocycles. The van der Waals surface area contributed by atoms with Crippen LogP contribution >= 0.6 is 0 Å². The Bertz CT molecular complexity index is 546. The van der Waals surface area contributed by atoms with Crippen molar-refractivity contribution in [1.29, 1.82) is 0 Å². The summed E-state index contributed by atoms with van der Waals surface area (Å²) in [4.78, 5) is 22.3. The summed E-state index contributed by atoms with van der Waals surface area (Å²) in [5.41, 5.74) is 1.60. The van der Waals surface area contributed by atoms with Gasteiger partial charge in [0.25, 0.3) is 0 Å². The Morgan fingerprint density at radius 2 is 1.95 bits per heavy atom. The molecule has 0 atom stereocenters. The fourth-order valence-electron chi connectivity index (χ4n) is 1.79. The number of nitrogens with zero attached hydrogens (tertiary/aromatic N) is 1. The zero-order valence-electron chi connectivity index (χ0n) is 10.5. The molecular formula is C15H15NO3. The van der Waals surface area contributed by atoms with E-state index < -0.39 is 0 Å². The van der Waals surface area contributed by atoms with E-state index in [4.69, 9.17) is 4.74 Å². The molecule has 0 spiro atoms. The summed E-state index contributed by atoms with van der Waals surface area (Å²) in [6, 6.07) is 13.2. The maximum absolute atomic E-state index is 11.6. The monoisotopic (exact) mass is 257 g/mol. The van der Waals surface area contributed by atoms with Gasteiger partial charge in [0, 0.05) is 12.6 Å². The van der Waals surface area contributed by atoms with Crippen molar-refractivity contribution in [2.24, 2.45) is 0 Å². The summed E-state index contributed by atoms with van der Waals surface area (Å²) in [6.07, 6.45) is 3.10. The van der Waals surface area contributed by atoms with Gasteiger partial charge >= 0.3 is 5.97 Å². The van der Waals surface area contributed by atoms with Crippen LogP contribution in [-0.4, -0.2) is 23.4 Å². The molecule has 0 bridgehead atoms. The van der Waals surface area contributed by atoms with E-state index >= 15 is 0 Å². The molecule has 0 aliphatic heterocycles. The zero-order chi connectivity index (χ0) is 13.5. The van der Waals surface area contributed by atoms with Gasteiger partial charge in [0.05, 0.1) is 12.3 Å². The van der Waals surface area contributed by atoms with E-state index in [1.54, 1.807) is 22.9 Å². The molecule has 1 heterocycles. The zero-order valence-corrected chi connectivity index (χ0v) is 10.5. The third-order valence-electron chi connectivity index (χ3n) is 2.78. The molecule has 1 aromatic carbocycles. The molecule has 0 aliphatic carbocycles. The summed E-state index contributed by atoms with van der Waals surface area (Å²) in [5, 5.41) is 0. The lowest BCUT2D eigenvalue weighted by atomic mass is 10.2. The predicted octanol–water partition coefficient (Wildman–Crippen LogP) is 2.09. The highest BCUT2D eigenvalue weighted by molar-refractivity contribution is 5.75. The number of carbonyl (C=O) groups is 2. The number of aldehydes is 1. The van der Waals surface area contributed by atoms with Crippen molar-refractivity contribution in [3.05, 3.63) is 59.9 Å². The first-order valence-electron chi connectivity index (χ1n) is 6.09. The van der Waals surface area contributed by atoms with E-state index in [9.17, 15) is 9.59 Å². The van der Waals surface area contributed by atoms with Crippen molar-refractivity contribution in [2.75, 3.05) is 6.61 Å². The number of aromatic nitrogens is 1. The van der Waals surface area contributed by atoms with Gasteiger partial charge in [-0.2, -0.15) is 0 Å². The van der Waals surface area contributed by atoms with Crippen LogP contribution in [0.2, 0.25) is 0 Å². The van der Waals surface area contributed by atoms with Crippen molar-refractivity contribution in [3.8, 4) is 0 Å². The maximum atomic E-state index is 11.6. The van der Waals surface area contributed by atoms with Crippen LogP contribution in [0.25, 0.3) is 0 Å². The Morgan fingerprint density at radius 1 is 1.16 bits per heavy atom. The highest BCUT2D eigenvalue weighted by Crippen LogP contribution is 2.02. The van der Waals surface area contributed by atoms with Crippen molar-refractivity contribution in [1.82, 2.24) is 4.57 Å². The average molecular weight is 257 g/mol. The van der Waals surface area contributed by atoms with Gasteiger partial charge in [-0.05, 0) is 17.7 Å². The first-order valence-corrected chi connectivity index (χ1v) is 6.09. The second-order valence-corrected chi connectivity index (χ2v) is 4.13. The lowest BCUT2D eigenvalue weighted by Gasteiger charge is -2.07. The third-order valence-corrected chi connectivity index (χ3v) is 2.78. The van der Waals surface area contributed by atoms with Gasteiger partial charge in [0.2, 0.25) is 0 Å². The number of carbonyl (C=O) groups excluding carboxylic acids is 2. The molecule has 2 aromatic rings. The first-order chi connectivity index (χ1) is 9.29. The molecule has 0 saturated heterocycles. The second-order valence-electron chi connectivity index (χ2n) is 4.13. The Balaban J connectivity index is 1.78. The molecule has 0 radical (unpaired) electrons. The summed E-state index contributed by atoms with van der Waals surface area (Å²) >= 11 is 0. The molecule has 0 N–H and O–H groups in total. The van der Waals surface area contributed by atoms with Crippen molar-refractivity contribution < 1.29 is 14.3 Å². The van der Waals surface area contributed by atoms with Gasteiger partial charge in [-0.15, -0.1) is 0 Å². The van der Waals surface area contributed by atoms with E-state index in [0.717, 1.165) is 11.8 Å². The lowest BCUT2D eigenvalue weighted by Crippen LogP contribution is -2.15. The van der Waals surface area contributed by atoms with Crippen LogP contribution in [0.5, 0.6) is 0 Å². The van der Waals surface area contributed by atoms with Crippen molar-refractivity contribution >= 4 is 12.3 Å². The molecular weight excluding hydrogens is 242 g/mol. The number of hydrogen-bond acceptors (Lipinski definition) is 3. The number of hydrogen-bond donors (Lipinski definition) is 0. The van der Waals surface area contributed by atoms with Gasteiger partial charge in [-0.25, -0.2) is 0 Å². The van der Waals surface area contributed by atoms with Crippen LogP contribution in [-0.2, 0) is 22.5 Å². The van der Waals surface area contributed by atoms with Crippen LogP contribution in [0.1, 0.15) is 16.1 Å². The highest BCUT2D eigenvalue weighted by Gasteiger charge is 2.06. The summed E-state index contributed by atoms with van der Waals surface area (Å²) in [6.45, 7) is 0.413. The van der Waals surface area contributed by atoms with E-state index in [1.165, 1.54) is 0 Å². The summed E-state index contributed by atoms with van der Waals surface area (Å²) < 4.78 is 6.71. The van der Waals surface area contributed by atoms with Crippen molar-refractivity contribution in [3.63, 3.8) is 0 Å². The predicted molar refractivity (Wildman–Crippen MR) is 70.9 cm³/mol. The molecule has 0 fully saturated rings. The first kappa shape index (κ1) is 13.1. The molecule has 4 heteroatoms. The summed E-state index contributed by atoms with van der Waals surface area (Å²) in [7, 11) is 0. The topological polar surface area (TPSA) is 48.3 Å². The van der Waals surface area contributed by atoms with E-state index in [-0.39, 0.29) is 12.5 Å². The van der Waals surface area contributed by atoms with Gasteiger partial charge < -0.3 is 9.30 Å². The van der Waals surface area contributed by atoms with Crippen LogP contribution in [0.4, 0.5) is 0 Å². The Hall–Kier alpha value is -2.36. The molecule has 0 unspecified atom stereocenters. The van der Waals surface area contributed by atoms with E-state index in [1.807, 2.05) is 30.3 Å². The molecule has 19 heavy (non-hydrogen) atoms. The van der Waals surface area contributed by atoms with E-state index in [0.29, 0.717) is 18.7 Å². The molecule has 98 valence electrons. The molecule has 4 nitrogen and oxygen atoms in total. The maximum Gasteiger partial charge on any atom is 0.325 e. The molecule has 2 rings (SSSR count). The Labute approximate surface area is 111 Å². The average Bonchev–Trinajstić information content (AvgIpc) is 2.87. The lowest BCUT2D eigenvalue weighted by molar-refractivity contribution is -0.144. The minimum absolute atomic E-state index is 0.0653. The Morgan fingerprint density at radius 3 is 2.68 bits per heavy atom. The molecule has 0 amide bonds. The normalized spacial score (nSPS) is 10.1. The Kier molecular flexibility index (Phi) is 4.50. The standard InChI is InChI=1S/C15H15NO3/c17-12-14-7-4-9-16(14)11-15(18)19-10-8-13-5-2-1-3-6-13/h1-7,9,12H,8,10-11H2. The number of rotatable bonds is 6. The highest BCUT2D eigenvalue weighted by atomic mass is 16.5. The van der Waals surface area contributed by atoms with Crippen molar-refractivity contribution in [2.45, 2.75) is 13.0 Å². The fourth-order valence-corrected chi connectivity index (χ4v) is 1.79. The SMILES string of the molecule is O=Cc1cccn1CC(=O)OCCc1ccccc1. The largest absolute Gasteiger partial charge is 0.464 e. The molecule has 0 aliphatic rings. The smallest absolute Gasteiger partial charge is 0.325 e. The second kappa shape index (κ2) is 6.54. The minimum Gasteiger partial charge on any atom is -0.464 e. The minimum atomic E-state index is -0.338. The van der Waals surface area contributed by atoms with Crippen LogP contribution in [0.15, 0.2) is 48.7 Å². The van der Waals surface area contributed by atoms with Crippen LogP contribution in [0.3, 0.4) is 0 Å². The summed E-state index contributed by atoms with van der Waals surface area (Å²) in [5.74, 6) is -0.338. The number of benzene rings is 1. The van der Waals surface area contributed by atoms with Gasteiger partial charge in [-0.3, -0.25) is 9.59 Å². The van der Waals surface area contributed by atoms with Gasteiger partial charge in [-0.1, -0.05) is 30.3 Å². The third kappa shape index (κ3) is 3.81. The number of esters is 1. The van der Waals surface area contributed by atoms with E-state index in [2.05, 4.69) is 0 Å². The fraction of sp³-hybridized carbons (Fsp3) is 0.200. The van der Waals surface area contributed by atoms with Gasteiger partial charge in [0.15, 0.2) is 6.29 Å². The quantitative estimate of drug-likeness (QED) is 0.588. The van der Waals surface area contributed by atoms with Crippen LogP contribution < -0.4 is 0 Å². The van der Waals surface area contributed by atoms with Crippen LogP contribution in [0, 0.1) is 0 Å². The molecule has 1 aromatic heterocycles. The number of ether oxygens (including phenoxy) is 1.